The first-order valence-electron chi connectivity index (χ1n) is 5.65. The molecule has 0 aromatic rings. The fraction of sp³-hybridized carbons (Fsp3) is 1.00. The van der Waals surface area contributed by atoms with Crippen molar-refractivity contribution in [1.82, 2.24) is 4.90 Å². The molecule has 0 aromatic heterocycles. The van der Waals surface area contributed by atoms with Gasteiger partial charge in [-0.1, -0.05) is 20.8 Å². The van der Waals surface area contributed by atoms with Crippen LogP contribution < -0.4 is 0 Å². The molecule has 0 radical (unpaired) electrons. The lowest BCUT2D eigenvalue weighted by Gasteiger charge is -2.27. The lowest BCUT2D eigenvalue weighted by Crippen LogP contribution is -2.33. The van der Waals surface area contributed by atoms with Gasteiger partial charge in [0.2, 0.25) is 0 Å². The predicted octanol–water partition coefficient (Wildman–Crippen LogP) is 2.62. The number of hydrogen-bond donors (Lipinski definition) is 0. The van der Waals surface area contributed by atoms with Gasteiger partial charge in [0.25, 0.3) is 0 Å². The smallest absolute Gasteiger partial charge is 0.00388 e. The lowest BCUT2D eigenvalue weighted by molar-refractivity contribution is 0.195. The zero-order valence-corrected chi connectivity index (χ0v) is 9.67. The van der Waals surface area contributed by atoms with Crippen LogP contribution in [0.3, 0.4) is 0 Å². The lowest BCUT2D eigenvalue weighted by atomic mass is 9.87. The second kappa shape index (κ2) is 2.73. The molecule has 2 aliphatic rings. The minimum absolute atomic E-state index is 0.554. The quantitative estimate of drug-likeness (QED) is 0.601. The van der Waals surface area contributed by atoms with Crippen molar-refractivity contribution in [2.24, 2.45) is 23.2 Å². The van der Waals surface area contributed by atoms with E-state index in [4.69, 9.17) is 0 Å². The van der Waals surface area contributed by atoms with Crippen LogP contribution in [0.25, 0.3) is 0 Å². The maximum atomic E-state index is 2.64. The normalized spacial score (nSPS) is 39.7. The summed E-state index contributed by atoms with van der Waals surface area (Å²) in [5.41, 5.74) is 0.554. The van der Waals surface area contributed by atoms with Gasteiger partial charge in [0.05, 0.1) is 0 Å². The summed E-state index contributed by atoms with van der Waals surface area (Å²) in [5.74, 6) is 3.08. The highest BCUT2D eigenvalue weighted by Gasteiger charge is 2.59. The van der Waals surface area contributed by atoms with Crippen LogP contribution in [0.15, 0.2) is 0 Å². The molecule has 2 rings (SSSR count). The van der Waals surface area contributed by atoms with E-state index in [1.807, 2.05) is 0 Å². The molecule has 76 valence electrons. The van der Waals surface area contributed by atoms with Gasteiger partial charge in [-0.3, -0.25) is 0 Å². The van der Waals surface area contributed by atoms with E-state index in [9.17, 15) is 0 Å². The third-order valence-electron chi connectivity index (χ3n) is 3.95. The molecule has 0 bridgehead atoms. The van der Waals surface area contributed by atoms with E-state index in [0.29, 0.717) is 5.41 Å². The predicted molar refractivity (Wildman–Crippen MR) is 56.6 cm³/mol. The average molecular weight is 181 g/mol. The molecular weight excluding hydrogens is 158 g/mol. The number of hydrogen-bond acceptors (Lipinski definition) is 1. The van der Waals surface area contributed by atoms with Gasteiger partial charge in [-0.25, -0.2) is 0 Å². The topological polar surface area (TPSA) is 3.24 Å². The minimum Gasteiger partial charge on any atom is -0.300 e. The van der Waals surface area contributed by atoms with Gasteiger partial charge in [0.1, 0.15) is 0 Å². The third kappa shape index (κ3) is 1.52. The molecular formula is C12H23N. The summed E-state index contributed by atoms with van der Waals surface area (Å²) < 4.78 is 0. The Hall–Kier alpha value is -0.0400. The van der Waals surface area contributed by atoms with Crippen LogP contribution in [0.2, 0.25) is 0 Å². The van der Waals surface area contributed by atoms with Gasteiger partial charge in [-0.05, 0) is 37.0 Å². The molecule has 1 nitrogen and oxygen atoms in total. The van der Waals surface area contributed by atoms with Gasteiger partial charge in [0, 0.05) is 19.1 Å². The number of fused-ring (bicyclic) bond motifs is 1. The molecule has 1 saturated heterocycles. The molecule has 13 heavy (non-hydrogen) atoms. The van der Waals surface area contributed by atoms with Crippen LogP contribution in [-0.2, 0) is 0 Å². The van der Waals surface area contributed by atoms with Crippen molar-refractivity contribution in [1.29, 1.82) is 0 Å². The van der Waals surface area contributed by atoms with Crippen molar-refractivity contribution >= 4 is 0 Å². The highest BCUT2D eigenvalue weighted by Crippen LogP contribution is 2.59. The molecule has 1 heterocycles. The van der Waals surface area contributed by atoms with Gasteiger partial charge < -0.3 is 4.90 Å². The number of likely N-dealkylation sites (tertiary alicyclic amines) is 1. The Balaban J connectivity index is 1.91. The van der Waals surface area contributed by atoms with Crippen LogP contribution in [0.5, 0.6) is 0 Å². The summed E-state index contributed by atoms with van der Waals surface area (Å²) in [6.07, 6.45) is 0. The summed E-state index contributed by atoms with van der Waals surface area (Å²) in [7, 11) is 0. The molecule has 1 aliphatic heterocycles. The van der Waals surface area contributed by atoms with Crippen molar-refractivity contribution in [3.63, 3.8) is 0 Å². The van der Waals surface area contributed by atoms with Gasteiger partial charge in [-0.15, -0.1) is 0 Å². The average Bonchev–Trinajstić information content (AvgIpc) is 2.48. The molecule has 1 heteroatoms. The molecule has 0 amide bonds. The zero-order valence-electron chi connectivity index (χ0n) is 9.67. The SMILES string of the molecule is CC(C)N1CC2C(C1)C2C(C)(C)C. The second-order valence-electron chi connectivity index (χ2n) is 6.27. The molecule has 1 aliphatic carbocycles. The maximum absolute atomic E-state index is 2.64. The summed E-state index contributed by atoms with van der Waals surface area (Å²) in [5, 5.41) is 0. The molecule has 0 spiro atoms. The highest BCUT2D eigenvalue weighted by atomic mass is 15.2. The Morgan fingerprint density at radius 3 is 1.85 bits per heavy atom. The molecule has 2 fully saturated rings. The van der Waals surface area contributed by atoms with Crippen molar-refractivity contribution in [2.75, 3.05) is 13.1 Å². The largest absolute Gasteiger partial charge is 0.300 e. The van der Waals surface area contributed by atoms with Crippen molar-refractivity contribution in [3.8, 4) is 0 Å². The van der Waals surface area contributed by atoms with E-state index in [0.717, 1.165) is 23.8 Å². The number of rotatable bonds is 1. The standard InChI is InChI=1S/C12H23N/c1-8(2)13-6-9-10(7-13)11(9)12(3,4)5/h8-11H,6-7H2,1-5H3. The molecule has 1 saturated carbocycles. The van der Waals surface area contributed by atoms with Crippen molar-refractivity contribution in [2.45, 2.75) is 40.7 Å². The monoisotopic (exact) mass is 181 g/mol. The van der Waals surface area contributed by atoms with E-state index in [1.165, 1.54) is 13.1 Å². The Labute approximate surface area is 82.5 Å². The van der Waals surface area contributed by atoms with E-state index < -0.39 is 0 Å². The van der Waals surface area contributed by atoms with Crippen molar-refractivity contribution in [3.05, 3.63) is 0 Å². The Morgan fingerprint density at radius 2 is 1.54 bits per heavy atom. The first-order chi connectivity index (χ1) is 5.91. The van der Waals surface area contributed by atoms with E-state index in [2.05, 4.69) is 39.5 Å². The van der Waals surface area contributed by atoms with Crippen LogP contribution in [0.4, 0.5) is 0 Å². The molecule has 2 atom stereocenters. The minimum atomic E-state index is 0.554. The molecule has 2 unspecified atom stereocenters. The third-order valence-corrected chi connectivity index (χ3v) is 3.95. The number of piperidine rings is 1. The fourth-order valence-corrected chi connectivity index (χ4v) is 3.27. The first kappa shape index (κ1) is 9.51. The summed E-state index contributed by atoms with van der Waals surface area (Å²) >= 11 is 0. The molecule has 0 N–H and O–H groups in total. The van der Waals surface area contributed by atoms with E-state index >= 15 is 0 Å². The van der Waals surface area contributed by atoms with Gasteiger partial charge in [0.15, 0.2) is 0 Å². The van der Waals surface area contributed by atoms with Gasteiger partial charge >= 0.3 is 0 Å². The first-order valence-corrected chi connectivity index (χ1v) is 5.65. The molecule has 0 aromatic carbocycles. The Kier molecular flexibility index (Phi) is 1.99. The zero-order chi connectivity index (χ0) is 9.80. The van der Waals surface area contributed by atoms with E-state index in [1.54, 1.807) is 0 Å². The van der Waals surface area contributed by atoms with E-state index in [-0.39, 0.29) is 0 Å². The Bertz CT molecular complexity index is 190. The maximum Gasteiger partial charge on any atom is 0.00388 e. The van der Waals surface area contributed by atoms with Crippen LogP contribution in [0, 0.1) is 23.2 Å². The van der Waals surface area contributed by atoms with Crippen LogP contribution >= 0.6 is 0 Å². The fourth-order valence-electron chi connectivity index (χ4n) is 3.27. The summed E-state index contributed by atoms with van der Waals surface area (Å²) in [6, 6.07) is 0.758. The van der Waals surface area contributed by atoms with Crippen molar-refractivity contribution < 1.29 is 0 Å². The highest BCUT2D eigenvalue weighted by molar-refractivity contribution is 5.09. The number of nitrogens with zero attached hydrogens (tertiary/aromatic N) is 1. The van der Waals surface area contributed by atoms with Crippen LogP contribution in [-0.4, -0.2) is 24.0 Å². The second-order valence-corrected chi connectivity index (χ2v) is 6.27. The van der Waals surface area contributed by atoms with Gasteiger partial charge in [-0.2, -0.15) is 0 Å². The van der Waals surface area contributed by atoms with Crippen LogP contribution in [0.1, 0.15) is 34.6 Å². The summed E-state index contributed by atoms with van der Waals surface area (Å²) in [4.78, 5) is 2.64. The Morgan fingerprint density at radius 1 is 1.08 bits per heavy atom. The summed E-state index contributed by atoms with van der Waals surface area (Å²) in [6.45, 7) is 14.6.